The van der Waals surface area contributed by atoms with E-state index in [9.17, 15) is 19.1 Å². The van der Waals surface area contributed by atoms with Crippen LogP contribution in [0.1, 0.15) is 40.0 Å². The smallest absolute Gasteiger partial charge is 0.311 e. The number of hydrogen-bond acceptors (Lipinski definition) is 4. The van der Waals surface area contributed by atoms with Gasteiger partial charge in [-0.25, -0.2) is 4.39 Å². The van der Waals surface area contributed by atoms with Crippen LogP contribution in [0.3, 0.4) is 0 Å². The molecule has 0 aliphatic carbocycles. The van der Waals surface area contributed by atoms with Crippen molar-refractivity contribution in [3.8, 4) is 17.2 Å². The second-order valence-electron chi connectivity index (χ2n) is 7.70. The summed E-state index contributed by atoms with van der Waals surface area (Å²) in [5.41, 5.74) is 1.27. The molecule has 176 valence electrons. The molecule has 1 aliphatic rings. The highest BCUT2D eigenvalue weighted by molar-refractivity contribution is 6.32. The van der Waals surface area contributed by atoms with Gasteiger partial charge in [0.25, 0.3) is 5.91 Å². The Morgan fingerprint density at radius 1 is 1.12 bits per heavy atom. The number of carbonyl (C=O) groups excluding carboxylic acids is 1. The van der Waals surface area contributed by atoms with E-state index in [0.717, 1.165) is 0 Å². The number of fused-ring (bicyclic) bond motifs is 1. The van der Waals surface area contributed by atoms with Crippen LogP contribution in [0, 0.1) is 0 Å². The van der Waals surface area contributed by atoms with Gasteiger partial charge in [-0.05, 0) is 54.4 Å². The Bertz CT molecular complexity index is 1200. The molecule has 2 N–H and O–H groups in total. The summed E-state index contributed by atoms with van der Waals surface area (Å²) in [7, 11) is 0. The fourth-order valence-corrected chi connectivity index (χ4v) is 3.94. The molecule has 9 heteroatoms. The topological polar surface area (TPSA) is 84.9 Å². The highest BCUT2D eigenvalue weighted by Crippen LogP contribution is 2.41. The average Bonchev–Trinajstić information content (AvgIpc) is 2.83. The Morgan fingerprint density at radius 2 is 1.82 bits per heavy atom. The van der Waals surface area contributed by atoms with Gasteiger partial charge in [0.1, 0.15) is 23.4 Å². The lowest BCUT2D eigenvalue weighted by Crippen LogP contribution is -2.27. The third-order valence-electron chi connectivity index (χ3n) is 5.42. The van der Waals surface area contributed by atoms with Crippen molar-refractivity contribution in [1.82, 2.24) is 5.32 Å². The van der Waals surface area contributed by atoms with Crippen molar-refractivity contribution in [1.29, 1.82) is 0 Å². The largest absolute Gasteiger partial charge is 0.493 e. The van der Waals surface area contributed by atoms with E-state index >= 15 is 0 Å². The maximum absolute atomic E-state index is 14.3. The van der Waals surface area contributed by atoms with Crippen molar-refractivity contribution in [3.63, 3.8) is 0 Å². The fourth-order valence-electron chi connectivity index (χ4n) is 3.60. The first-order valence-electron chi connectivity index (χ1n) is 10.5. The van der Waals surface area contributed by atoms with Crippen LogP contribution in [0.2, 0.25) is 10.0 Å². The maximum atomic E-state index is 14.3. The molecule has 3 aromatic rings. The molecule has 0 fully saturated rings. The predicted molar refractivity (Wildman–Crippen MR) is 126 cm³/mol. The van der Waals surface area contributed by atoms with Crippen molar-refractivity contribution < 1.29 is 28.6 Å². The van der Waals surface area contributed by atoms with Crippen LogP contribution in [-0.2, 0) is 4.79 Å². The fraction of sp³-hybridized carbons (Fsp3) is 0.200. The summed E-state index contributed by atoms with van der Waals surface area (Å²) in [5.74, 6) is -0.925. The number of aliphatic carboxylic acids is 1. The van der Waals surface area contributed by atoms with Crippen LogP contribution in [0.4, 0.5) is 4.39 Å². The molecule has 0 saturated heterocycles. The van der Waals surface area contributed by atoms with Crippen LogP contribution < -0.4 is 14.8 Å². The van der Waals surface area contributed by atoms with Gasteiger partial charge in [0.15, 0.2) is 0 Å². The van der Waals surface area contributed by atoms with Gasteiger partial charge >= 0.3 is 5.97 Å². The molecule has 0 spiro atoms. The first kappa shape index (κ1) is 23.9. The summed E-state index contributed by atoms with van der Waals surface area (Å²) in [4.78, 5) is 23.9. The summed E-state index contributed by atoms with van der Waals surface area (Å²) in [6.45, 7) is 0.105. The summed E-state index contributed by atoms with van der Waals surface area (Å²) in [5, 5.41) is 12.7. The van der Waals surface area contributed by atoms with Gasteiger partial charge in [-0.3, -0.25) is 9.59 Å². The van der Waals surface area contributed by atoms with Gasteiger partial charge in [-0.1, -0.05) is 35.3 Å². The minimum atomic E-state index is -1.36. The van der Waals surface area contributed by atoms with E-state index < -0.39 is 24.0 Å². The second kappa shape index (κ2) is 10.3. The Balaban J connectivity index is 1.39. The van der Waals surface area contributed by atoms with E-state index in [1.165, 1.54) is 0 Å². The number of rotatable bonds is 7. The van der Waals surface area contributed by atoms with E-state index in [4.69, 9.17) is 32.7 Å². The normalized spacial score (nSPS) is 15.6. The molecule has 1 heterocycles. The molecular weight excluding hydrogens is 484 g/mol. The molecule has 0 aromatic heterocycles. The number of amides is 1. The molecule has 2 unspecified atom stereocenters. The number of carboxylic acids is 1. The van der Waals surface area contributed by atoms with Gasteiger partial charge in [-0.15, -0.1) is 0 Å². The lowest BCUT2D eigenvalue weighted by molar-refractivity contribution is -0.139. The quantitative estimate of drug-likeness (QED) is 0.402. The van der Waals surface area contributed by atoms with E-state index in [-0.39, 0.29) is 18.2 Å². The van der Waals surface area contributed by atoms with E-state index in [0.29, 0.717) is 45.4 Å². The third-order valence-corrected chi connectivity index (χ3v) is 5.97. The first-order chi connectivity index (χ1) is 16.3. The Labute approximate surface area is 205 Å². The number of halogens is 3. The molecule has 6 nitrogen and oxygen atoms in total. The summed E-state index contributed by atoms with van der Waals surface area (Å²) in [6.07, 6.45) is -0.997. The van der Waals surface area contributed by atoms with Gasteiger partial charge in [0.05, 0.1) is 24.1 Å². The van der Waals surface area contributed by atoms with Crippen molar-refractivity contribution >= 4 is 35.1 Å². The molecule has 4 rings (SSSR count). The molecule has 1 amide bonds. The van der Waals surface area contributed by atoms with E-state index in [1.54, 1.807) is 60.7 Å². The second-order valence-corrected chi connectivity index (χ2v) is 8.55. The number of carbonyl (C=O) groups is 2. The summed E-state index contributed by atoms with van der Waals surface area (Å²) in [6, 6.07) is 15.7. The van der Waals surface area contributed by atoms with Crippen LogP contribution in [0.15, 0.2) is 60.7 Å². The Kier molecular flexibility index (Phi) is 7.24. The summed E-state index contributed by atoms with van der Waals surface area (Å²) < 4.78 is 25.7. The molecule has 34 heavy (non-hydrogen) atoms. The third kappa shape index (κ3) is 5.43. The number of carboxylic acid groups (broad SMARTS) is 1. The molecule has 0 radical (unpaired) electrons. The van der Waals surface area contributed by atoms with Crippen LogP contribution in [0.5, 0.6) is 17.2 Å². The van der Waals surface area contributed by atoms with Gasteiger partial charge in [0.2, 0.25) is 0 Å². The first-order valence-corrected chi connectivity index (χ1v) is 11.2. The van der Waals surface area contributed by atoms with E-state index in [1.807, 2.05) is 0 Å². The van der Waals surface area contributed by atoms with Crippen LogP contribution in [-0.4, -0.2) is 30.1 Å². The molecule has 3 aromatic carbocycles. The zero-order valence-corrected chi connectivity index (χ0v) is 19.3. The predicted octanol–water partition coefficient (Wildman–Crippen LogP) is 6.18. The zero-order chi connectivity index (χ0) is 24.2. The highest BCUT2D eigenvalue weighted by Gasteiger charge is 2.29. The minimum absolute atomic E-state index is 0.180. The number of ether oxygens (including phenoxy) is 2. The number of alkyl halides is 1. The lowest BCUT2D eigenvalue weighted by atomic mass is 9.93. The molecular formula is C25H20Cl2FNO5. The van der Waals surface area contributed by atoms with E-state index in [2.05, 4.69) is 5.32 Å². The monoisotopic (exact) mass is 503 g/mol. The summed E-state index contributed by atoms with van der Waals surface area (Å²) >= 11 is 12.1. The average molecular weight is 504 g/mol. The standard InChI is InChI=1S/C25H20Cl2FNO5/c26-16-5-1-14(2-6-16)21(28)13-29-24(30)15-3-7-17(8-4-15)34-23-12-22-19(11-20(23)27)18(25(31)32)9-10-33-22/h1-8,11-12,18,21H,9-10,13H2,(H,29,30)(H,31,32). The zero-order valence-electron chi connectivity index (χ0n) is 17.8. The minimum Gasteiger partial charge on any atom is -0.493 e. The van der Waals surface area contributed by atoms with Crippen LogP contribution in [0.25, 0.3) is 0 Å². The SMILES string of the molecule is O=C(NCC(F)c1ccc(Cl)cc1)c1ccc(Oc2cc3c(cc2Cl)C(C(=O)O)CCO3)cc1. The van der Waals surface area contributed by atoms with Crippen LogP contribution >= 0.6 is 23.2 Å². The van der Waals surface area contributed by atoms with Gasteiger partial charge in [0, 0.05) is 22.2 Å². The maximum Gasteiger partial charge on any atom is 0.311 e. The molecule has 0 bridgehead atoms. The van der Waals surface area contributed by atoms with Crippen molar-refractivity contribution in [2.24, 2.45) is 0 Å². The Morgan fingerprint density at radius 3 is 2.50 bits per heavy atom. The molecule has 2 atom stereocenters. The number of benzene rings is 3. The number of nitrogens with one attached hydrogen (secondary N) is 1. The van der Waals surface area contributed by atoms with Gasteiger partial charge in [-0.2, -0.15) is 0 Å². The highest BCUT2D eigenvalue weighted by atomic mass is 35.5. The molecule has 0 saturated carbocycles. The molecule has 1 aliphatic heterocycles. The van der Waals surface area contributed by atoms with Crippen molar-refractivity contribution in [3.05, 3.63) is 87.4 Å². The number of hydrogen-bond donors (Lipinski definition) is 2. The van der Waals surface area contributed by atoms with Crippen molar-refractivity contribution in [2.45, 2.75) is 18.5 Å². The Hall–Kier alpha value is -3.29. The van der Waals surface area contributed by atoms with Gasteiger partial charge < -0.3 is 19.9 Å². The lowest BCUT2D eigenvalue weighted by Gasteiger charge is -2.24. The van der Waals surface area contributed by atoms with Crippen molar-refractivity contribution in [2.75, 3.05) is 13.2 Å².